The number of carbonyl (C=O) groups is 1. The number of carbonyl (C=O) groups excluding carboxylic acids is 1. The van der Waals surface area contributed by atoms with Crippen LogP contribution in [0.2, 0.25) is 0 Å². The lowest BCUT2D eigenvalue weighted by atomic mass is 9.84. The number of ketones is 1. The van der Waals surface area contributed by atoms with Crippen LogP contribution in [0.25, 0.3) is 0 Å². The summed E-state index contributed by atoms with van der Waals surface area (Å²) in [7, 11) is 0. The molecular formula is C11H21NO. The van der Waals surface area contributed by atoms with Gasteiger partial charge < -0.3 is 5.32 Å². The van der Waals surface area contributed by atoms with Gasteiger partial charge in [0.25, 0.3) is 0 Å². The van der Waals surface area contributed by atoms with Gasteiger partial charge in [-0.15, -0.1) is 0 Å². The highest BCUT2D eigenvalue weighted by atomic mass is 16.1. The van der Waals surface area contributed by atoms with Crippen molar-refractivity contribution < 1.29 is 4.79 Å². The minimum atomic E-state index is 0.352. The van der Waals surface area contributed by atoms with Gasteiger partial charge in [-0.2, -0.15) is 0 Å². The Labute approximate surface area is 81.1 Å². The fourth-order valence-electron chi connectivity index (χ4n) is 2.14. The van der Waals surface area contributed by atoms with Crippen molar-refractivity contribution in [2.45, 2.75) is 58.5 Å². The molecule has 0 aromatic heterocycles. The summed E-state index contributed by atoms with van der Waals surface area (Å²) in [6.07, 6.45) is 4.50. The van der Waals surface area contributed by atoms with E-state index in [0.717, 1.165) is 12.8 Å². The molecule has 0 aromatic rings. The van der Waals surface area contributed by atoms with Gasteiger partial charge >= 0.3 is 0 Å². The van der Waals surface area contributed by atoms with Gasteiger partial charge in [-0.25, -0.2) is 0 Å². The average Bonchev–Trinajstić information content (AvgIpc) is 2.04. The van der Waals surface area contributed by atoms with Gasteiger partial charge in [-0.3, -0.25) is 4.79 Å². The number of nitrogens with one attached hydrogen (secondary N) is 1. The first-order valence-electron chi connectivity index (χ1n) is 5.36. The standard InChI is InChI=1S/C11H21NO/c1-8(2)12-11-6-4-10(5-7-11)9(3)13/h8,10-12H,4-7H2,1-3H3. The van der Waals surface area contributed by atoms with Crippen molar-refractivity contribution in [3.05, 3.63) is 0 Å². The summed E-state index contributed by atoms with van der Waals surface area (Å²) >= 11 is 0. The summed E-state index contributed by atoms with van der Waals surface area (Å²) in [5, 5.41) is 3.53. The first-order chi connectivity index (χ1) is 6.09. The van der Waals surface area contributed by atoms with Crippen molar-refractivity contribution in [2.75, 3.05) is 0 Å². The van der Waals surface area contributed by atoms with Crippen LogP contribution in [0.5, 0.6) is 0 Å². The largest absolute Gasteiger partial charge is 0.312 e. The fourth-order valence-corrected chi connectivity index (χ4v) is 2.14. The zero-order chi connectivity index (χ0) is 9.84. The third-order valence-electron chi connectivity index (χ3n) is 2.87. The SMILES string of the molecule is CC(=O)C1CCC(NC(C)C)CC1. The summed E-state index contributed by atoms with van der Waals surface area (Å²) in [5.74, 6) is 0.730. The van der Waals surface area contributed by atoms with Gasteiger partial charge in [0, 0.05) is 18.0 Å². The highest BCUT2D eigenvalue weighted by Crippen LogP contribution is 2.24. The molecule has 2 nitrogen and oxygen atoms in total. The van der Waals surface area contributed by atoms with Gasteiger partial charge in [-0.1, -0.05) is 13.8 Å². The third-order valence-corrected chi connectivity index (χ3v) is 2.87. The van der Waals surface area contributed by atoms with Crippen molar-refractivity contribution in [1.82, 2.24) is 5.32 Å². The van der Waals surface area contributed by atoms with Crippen molar-refractivity contribution in [1.29, 1.82) is 0 Å². The second-order valence-electron chi connectivity index (χ2n) is 4.48. The van der Waals surface area contributed by atoms with Gasteiger partial charge in [0.1, 0.15) is 5.78 Å². The second-order valence-corrected chi connectivity index (χ2v) is 4.48. The molecule has 0 radical (unpaired) electrons. The van der Waals surface area contributed by atoms with Crippen molar-refractivity contribution in [2.24, 2.45) is 5.92 Å². The molecule has 0 heterocycles. The Balaban J connectivity index is 2.26. The van der Waals surface area contributed by atoms with E-state index in [1.165, 1.54) is 12.8 Å². The number of hydrogen-bond acceptors (Lipinski definition) is 2. The molecule has 13 heavy (non-hydrogen) atoms. The molecule has 0 amide bonds. The maximum absolute atomic E-state index is 11.1. The van der Waals surface area contributed by atoms with Crippen LogP contribution in [0.4, 0.5) is 0 Å². The molecule has 1 fully saturated rings. The Morgan fingerprint density at radius 3 is 2.15 bits per heavy atom. The van der Waals surface area contributed by atoms with E-state index < -0.39 is 0 Å². The highest BCUT2D eigenvalue weighted by Gasteiger charge is 2.23. The van der Waals surface area contributed by atoms with Crippen LogP contribution in [0.3, 0.4) is 0 Å². The average molecular weight is 183 g/mol. The van der Waals surface area contributed by atoms with Crippen LogP contribution in [0.15, 0.2) is 0 Å². The lowest BCUT2D eigenvalue weighted by molar-refractivity contribution is -0.121. The van der Waals surface area contributed by atoms with Crippen LogP contribution in [-0.2, 0) is 4.79 Å². The molecule has 0 saturated heterocycles. The van der Waals surface area contributed by atoms with Crippen LogP contribution < -0.4 is 5.32 Å². The molecule has 76 valence electrons. The van der Waals surface area contributed by atoms with E-state index in [4.69, 9.17) is 0 Å². The first-order valence-corrected chi connectivity index (χ1v) is 5.36. The van der Waals surface area contributed by atoms with Crippen LogP contribution in [-0.4, -0.2) is 17.9 Å². The zero-order valence-electron chi connectivity index (χ0n) is 8.97. The summed E-state index contributed by atoms with van der Waals surface area (Å²) in [5.41, 5.74) is 0. The van der Waals surface area contributed by atoms with Gasteiger partial charge in [0.15, 0.2) is 0 Å². The lowest BCUT2D eigenvalue weighted by Crippen LogP contribution is -2.38. The molecule has 1 aliphatic carbocycles. The van der Waals surface area contributed by atoms with E-state index in [1.54, 1.807) is 6.92 Å². The van der Waals surface area contributed by atoms with Crippen LogP contribution in [0.1, 0.15) is 46.5 Å². The smallest absolute Gasteiger partial charge is 0.132 e. The first kappa shape index (κ1) is 10.7. The molecule has 1 rings (SSSR count). The predicted octanol–water partition coefficient (Wildman–Crippen LogP) is 2.13. The third kappa shape index (κ3) is 3.47. The lowest BCUT2D eigenvalue weighted by Gasteiger charge is -2.29. The topological polar surface area (TPSA) is 29.1 Å². The molecule has 0 spiro atoms. The Kier molecular flexibility index (Phi) is 3.91. The van der Waals surface area contributed by atoms with Crippen molar-refractivity contribution >= 4 is 5.78 Å². The Morgan fingerprint density at radius 1 is 1.23 bits per heavy atom. The van der Waals surface area contributed by atoms with E-state index >= 15 is 0 Å². The number of rotatable bonds is 3. The molecule has 1 N–H and O–H groups in total. The van der Waals surface area contributed by atoms with Crippen LogP contribution >= 0.6 is 0 Å². The molecule has 0 aromatic carbocycles. The molecule has 2 heteroatoms. The highest BCUT2D eigenvalue weighted by molar-refractivity contribution is 5.78. The molecule has 0 unspecified atom stereocenters. The van der Waals surface area contributed by atoms with E-state index in [0.29, 0.717) is 23.8 Å². The maximum Gasteiger partial charge on any atom is 0.132 e. The number of hydrogen-bond donors (Lipinski definition) is 1. The Morgan fingerprint density at radius 2 is 1.77 bits per heavy atom. The zero-order valence-corrected chi connectivity index (χ0v) is 8.97. The minimum absolute atomic E-state index is 0.352. The molecule has 0 aliphatic heterocycles. The van der Waals surface area contributed by atoms with E-state index in [2.05, 4.69) is 19.2 Å². The van der Waals surface area contributed by atoms with Gasteiger partial charge in [0.05, 0.1) is 0 Å². The summed E-state index contributed by atoms with van der Waals surface area (Å²) in [6, 6.07) is 1.22. The Hall–Kier alpha value is -0.370. The molecule has 1 aliphatic rings. The summed E-state index contributed by atoms with van der Waals surface area (Å²) in [4.78, 5) is 11.1. The predicted molar refractivity (Wildman–Crippen MR) is 54.7 cm³/mol. The summed E-state index contributed by atoms with van der Waals surface area (Å²) in [6.45, 7) is 6.08. The molecule has 0 atom stereocenters. The van der Waals surface area contributed by atoms with Crippen LogP contribution in [0, 0.1) is 5.92 Å². The number of Topliss-reactive ketones (excluding diaryl/α,β-unsaturated/α-hetero) is 1. The monoisotopic (exact) mass is 183 g/mol. The molecular weight excluding hydrogens is 162 g/mol. The molecule has 0 bridgehead atoms. The molecule has 1 saturated carbocycles. The maximum atomic E-state index is 11.1. The minimum Gasteiger partial charge on any atom is -0.312 e. The van der Waals surface area contributed by atoms with E-state index in [-0.39, 0.29) is 0 Å². The van der Waals surface area contributed by atoms with Crippen molar-refractivity contribution in [3.8, 4) is 0 Å². The quantitative estimate of drug-likeness (QED) is 0.726. The normalized spacial score (nSPS) is 29.2. The second kappa shape index (κ2) is 4.75. The van der Waals surface area contributed by atoms with E-state index in [1.807, 2.05) is 0 Å². The van der Waals surface area contributed by atoms with Gasteiger partial charge in [-0.05, 0) is 32.6 Å². The van der Waals surface area contributed by atoms with Gasteiger partial charge in [0.2, 0.25) is 0 Å². The Bertz CT molecular complexity index is 169. The van der Waals surface area contributed by atoms with E-state index in [9.17, 15) is 4.79 Å². The fraction of sp³-hybridized carbons (Fsp3) is 0.909. The summed E-state index contributed by atoms with van der Waals surface area (Å²) < 4.78 is 0. The van der Waals surface area contributed by atoms with Crippen molar-refractivity contribution in [3.63, 3.8) is 0 Å².